The Hall–Kier alpha value is -2.51. The molecule has 0 aliphatic heterocycles. The average molecular weight is 264 g/mol. The molecular weight excluding hydrogens is 252 g/mol. The minimum atomic E-state index is -0.678. The van der Waals surface area contributed by atoms with Crippen molar-refractivity contribution in [3.63, 3.8) is 0 Å². The summed E-state index contributed by atoms with van der Waals surface area (Å²) in [4.78, 5) is 29.7. The van der Waals surface area contributed by atoms with E-state index >= 15 is 0 Å². The lowest BCUT2D eigenvalue weighted by atomic mass is 10.2. The molecule has 100 valence electrons. The molecule has 0 atom stereocenters. The molecule has 0 amide bonds. The van der Waals surface area contributed by atoms with Gasteiger partial charge in [0.15, 0.2) is 0 Å². The second-order valence-corrected chi connectivity index (χ2v) is 4.86. The Kier molecular flexibility index (Phi) is 2.93. The minimum Gasteiger partial charge on any atom is -0.443 e. The zero-order valence-corrected chi connectivity index (χ0v) is 10.7. The lowest BCUT2D eigenvalue weighted by Crippen LogP contribution is -2.26. The van der Waals surface area contributed by atoms with Gasteiger partial charge in [0.05, 0.1) is 0 Å². The van der Waals surface area contributed by atoms with Crippen LogP contribution in [0.3, 0.4) is 0 Å². The molecule has 2 heterocycles. The van der Waals surface area contributed by atoms with Crippen LogP contribution in [0.25, 0.3) is 11.2 Å². The maximum absolute atomic E-state index is 11.9. The van der Waals surface area contributed by atoms with Gasteiger partial charge in [-0.15, -0.1) is 0 Å². The Morgan fingerprint density at radius 2 is 2.11 bits per heavy atom. The lowest BCUT2D eigenvalue weighted by molar-refractivity contribution is -0.389. The predicted molar refractivity (Wildman–Crippen MR) is 65.8 cm³/mol. The summed E-state index contributed by atoms with van der Waals surface area (Å²) in [5.41, 5.74) is -0.186. The predicted octanol–water partition coefficient (Wildman–Crippen LogP) is 2.12. The summed E-state index contributed by atoms with van der Waals surface area (Å²) in [5, 5.41) is 10.7. The standard InChI is InChI=1S/C11H12N4O4/c1-11(2,3)19-10(16)14-6-12-7-4-5-8(15(17)18)13-9(7)14/h4-6H,1-3H3. The van der Waals surface area contributed by atoms with Gasteiger partial charge in [-0.05, 0) is 36.7 Å². The van der Waals surface area contributed by atoms with Crippen LogP contribution in [0.2, 0.25) is 0 Å². The van der Waals surface area contributed by atoms with Crippen molar-refractivity contribution in [2.24, 2.45) is 0 Å². The SMILES string of the molecule is CC(C)(C)OC(=O)n1cnc2ccc([N+](=O)[O-])nc21. The largest absolute Gasteiger partial charge is 0.443 e. The van der Waals surface area contributed by atoms with Gasteiger partial charge in [-0.1, -0.05) is 0 Å². The van der Waals surface area contributed by atoms with E-state index in [0.717, 1.165) is 4.57 Å². The number of carbonyl (C=O) groups is 1. The fourth-order valence-electron chi connectivity index (χ4n) is 1.43. The number of nitro groups is 1. The average Bonchev–Trinajstić information content (AvgIpc) is 2.68. The van der Waals surface area contributed by atoms with Gasteiger partial charge in [0.25, 0.3) is 5.65 Å². The van der Waals surface area contributed by atoms with Crippen molar-refractivity contribution in [1.82, 2.24) is 14.5 Å². The Bertz CT molecular complexity index is 656. The molecule has 0 spiro atoms. The van der Waals surface area contributed by atoms with E-state index in [4.69, 9.17) is 4.74 Å². The first-order chi connectivity index (χ1) is 8.78. The van der Waals surface area contributed by atoms with E-state index in [2.05, 4.69) is 9.97 Å². The van der Waals surface area contributed by atoms with Crippen molar-refractivity contribution in [3.05, 3.63) is 28.6 Å². The molecule has 0 aliphatic rings. The maximum atomic E-state index is 11.9. The molecule has 0 fully saturated rings. The zero-order valence-electron chi connectivity index (χ0n) is 10.7. The molecule has 0 radical (unpaired) electrons. The molecule has 2 aromatic rings. The minimum absolute atomic E-state index is 0.100. The highest BCUT2D eigenvalue weighted by atomic mass is 16.6. The zero-order chi connectivity index (χ0) is 14.2. The highest BCUT2D eigenvalue weighted by Gasteiger charge is 2.23. The number of carbonyl (C=O) groups excluding carboxylic acids is 1. The topological polar surface area (TPSA) is 100 Å². The van der Waals surface area contributed by atoms with Gasteiger partial charge < -0.3 is 14.9 Å². The number of hydrogen-bond donors (Lipinski definition) is 0. The summed E-state index contributed by atoms with van der Waals surface area (Å²) < 4.78 is 6.21. The first-order valence-electron chi connectivity index (χ1n) is 5.50. The Morgan fingerprint density at radius 3 is 2.68 bits per heavy atom. The van der Waals surface area contributed by atoms with Crippen LogP contribution in [0, 0.1) is 10.1 Å². The van der Waals surface area contributed by atoms with Gasteiger partial charge in [0.1, 0.15) is 17.4 Å². The number of nitrogens with zero attached hydrogens (tertiary/aromatic N) is 4. The third-order valence-electron chi connectivity index (χ3n) is 2.16. The number of fused-ring (bicyclic) bond motifs is 1. The van der Waals surface area contributed by atoms with Crippen LogP contribution in [-0.4, -0.2) is 31.2 Å². The highest BCUT2D eigenvalue weighted by Crippen LogP contribution is 2.17. The number of aromatic nitrogens is 3. The molecule has 0 aliphatic carbocycles. The Labute approximate surface area is 108 Å². The number of ether oxygens (including phenoxy) is 1. The summed E-state index contributed by atoms with van der Waals surface area (Å²) >= 11 is 0. The monoisotopic (exact) mass is 264 g/mol. The molecule has 0 N–H and O–H groups in total. The normalized spacial score (nSPS) is 11.5. The van der Waals surface area contributed by atoms with Gasteiger partial charge in [0, 0.05) is 6.07 Å². The fraction of sp³-hybridized carbons (Fsp3) is 0.364. The van der Waals surface area contributed by atoms with E-state index < -0.39 is 16.6 Å². The van der Waals surface area contributed by atoms with E-state index in [1.807, 2.05) is 0 Å². The van der Waals surface area contributed by atoms with Gasteiger partial charge in [0.2, 0.25) is 0 Å². The van der Waals surface area contributed by atoms with Crippen LogP contribution >= 0.6 is 0 Å². The molecule has 0 saturated heterocycles. The van der Waals surface area contributed by atoms with E-state index in [9.17, 15) is 14.9 Å². The second kappa shape index (κ2) is 4.30. The van der Waals surface area contributed by atoms with Crippen LogP contribution in [-0.2, 0) is 4.74 Å². The van der Waals surface area contributed by atoms with Gasteiger partial charge >= 0.3 is 11.9 Å². The maximum Gasteiger partial charge on any atom is 0.423 e. The summed E-state index contributed by atoms with van der Waals surface area (Å²) in [6.07, 6.45) is 0.554. The van der Waals surface area contributed by atoms with E-state index in [-0.39, 0.29) is 11.5 Å². The molecule has 8 heteroatoms. The van der Waals surface area contributed by atoms with Gasteiger partial charge in [-0.25, -0.2) is 9.78 Å². The quantitative estimate of drug-likeness (QED) is 0.577. The Balaban J connectivity index is 2.46. The van der Waals surface area contributed by atoms with Crippen molar-refractivity contribution in [3.8, 4) is 0 Å². The molecule has 19 heavy (non-hydrogen) atoms. The van der Waals surface area contributed by atoms with Crippen molar-refractivity contribution in [2.75, 3.05) is 0 Å². The smallest absolute Gasteiger partial charge is 0.423 e. The molecule has 0 aromatic carbocycles. The van der Waals surface area contributed by atoms with E-state index in [1.165, 1.54) is 18.5 Å². The first kappa shape index (κ1) is 12.9. The van der Waals surface area contributed by atoms with Crippen molar-refractivity contribution >= 4 is 23.1 Å². The fourth-order valence-corrected chi connectivity index (χ4v) is 1.43. The molecule has 0 bridgehead atoms. The molecule has 2 aromatic heterocycles. The Morgan fingerprint density at radius 1 is 1.42 bits per heavy atom. The van der Waals surface area contributed by atoms with Gasteiger partial charge in [-0.2, -0.15) is 4.57 Å². The third kappa shape index (κ3) is 2.67. The molecule has 0 saturated carbocycles. The number of imidazole rings is 1. The lowest BCUT2D eigenvalue weighted by Gasteiger charge is -2.18. The summed E-state index contributed by atoms with van der Waals surface area (Å²) in [5.74, 6) is -0.349. The van der Waals surface area contributed by atoms with E-state index in [0.29, 0.717) is 5.52 Å². The van der Waals surface area contributed by atoms with Crippen LogP contribution in [0.4, 0.5) is 10.6 Å². The van der Waals surface area contributed by atoms with Crippen LogP contribution in [0.5, 0.6) is 0 Å². The van der Waals surface area contributed by atoms with Crippen LogP contribution in [0.15, 0.2) is 18.5 Å². The third-order valence-corrected chi connectivity index (χ3v) is 2.16. The number of hydrogen-bond acceptors (Lipinski definition) is 6. The van der Waals surface area contributed by atoms with Gasteiger partial charge in [-0.3, -0.25) is 0 Å². The van der Waals surface area contributed by atoms with Crippen LogP contribution < -0.4 is 0 Å². The summed E-state index contributed by atoms with van der Waals surface area (Å²) in [6, 6.07) is 2.66. The number of rotatable bonds is 1. The molecule has 2 rings (SSSR count). The summed E-state index contributed by atoms with van der Waals surface area (Å²) in [7, 11) is 0. The molecule has 0 unspecified atom stereocenters. The molecule has 8 nitrogen and oxygen atoms in total. The van der Waals surface area contributed by atoms with Crippen molar-refractivity contribution in [1.29, 1.82) is 0 Å². The van der Waals surface area contributed by atoms with Crippen molar-refractivity contribution in [2.45, 2.75) is 26.4 Å². The van der Waals surface area contributed by atoms with E-state index in [1.54, 1.807) is 20.8 Å². The first-order valence-corrected chi connectivity index (χ1v) is 5.50. The summed E-state index contributed by atoms with van der Waals surface area (Å²) in [6.45, 7) is 5.17. The van der Waals surface area contributed by atoms with Crippen molar-refractivity contribution < 1.29 is 14.5 Å². The van der Waals surface area contributed by atoms with Crippen LogP contribution in [0.1, 0.15) is 20.8 Å². The number of pyridine rings is 1. The highest BCUT2D eigenvalue weighted by molar-refractivity contribution is 5.84. The molecular formula is C11H12N4O4. The second-order valence-electron chi connectivity index (χ2n) is 4.86.